The Morgan fingerprint density at radius 1 is 0.932 bits per heavy atom. The topological polar surface area (TPSA) is 140 Å². The summed E-state index contributed by atoms with van der Waals surface area (Å²) in [5, 5.41) is 16.5. The Labute approximate surface area is 254 Å². The lowest BCUT2D eigenvalue weighted by molar-refractivity contribution is -0.120. The zero-order chi connectivity index (χ0) is 30.8. The molecule has 0 bridgehead atoms. The fraction of sp³-hybridized carbons (Fsp3) is 0.323. The molecule has 0 saturated carbocycles. The zero-order valence-electron chi connectivity index (χ0n) is 24.3. The molecule has 2 aliphatic rings. The van der Waals surface area contributed by atoms with E-state index < -0.39 is 21.6 Å². The SMILES string of the molecule is CN1CCN(c2ccc(C(=O)Nc3n[nH]c4ccc(S(=O)(=O)c5cccc(F)c5)cc34)c(NC(=O)C3CCNCC3)c2)CC1. The van der Waals surface area contributed by atoms with Gasteiger partial charge in [0.25, 0.3) is 5.91 Å². The van der Waals surface area contributed by atoms with Crippen LogP contribution in [0.1, 0.15) is 23.2 Å². The average Bonchev–Trinajstić information content (AvgIpc) is 3.43. The lowest BCUT2D eigenvalue weighted by Crippen LogP contribution is -2.44. The first-order valence-corrected chi connectivity index (χ1v) is 16.1. The summed E-state index contributed by atoms with van der Waals surface area (Å²) in [6, 6.07) is 14.5. The summed E-state index contributed by atoms with van der Waals surface area (Å²) in [4.78, 5) is 31.2. The number of amides is 2. The molecule has 4 aromatic rings. The number of hydrogen-bond donors (Lipinski definition) is 4. The molecular formula is C31H34FN7O4S. The lowest BCUT2D eigenvalue weighted by atomic mass is 9.97. The van der Waals surface area contributed by atoms with Crippen molar-refractivity contribution in [1.82, 2.24) is 20.4 Å². The Bertz CT molecular complexity index is 1810. The summed E-state index contributed by atoms with van der Waals surface area (Å²) >= 11 is 0. The number of piperazine rings is 1. The number of halogens is 1. The number of carbonyl (C=O) groups is 2. The minimum atomic E-state index is -4.03. The van der Waals surface area contributed by atoms with E-state index in [1.807, 2.05) is 12.1 Å². The minimum absolute atomic E-state index is 0.0704. The van der Waals surface area contributed by atoms with E-state index in [0.29, 0.717) is 29.4 Å². The van der Waals surface area contributed by atoms with Crippen LogP contribution in [0, 0.1) is 11.7 Å². The minimum Gasteiger partial charge on any atom is -0.369 e. The van der Waals surface area contributed by atoms with Crippen molar-refractivity contribution in [3.05, 3.63) is 72.0 Å². The largest absolute Gasteiger partial charge is 0.369 e. The fourth-order valence-electron chi connectivity index (χ4n) is 5.61. The monoisotopic (exact) mass is 619 g/mol. The summed E-state index contributed by atoms with van der Waals surface area (Å²) < 4.78 is 40.2. The smallest absolute Gasteiger partial charge is 0.258 e. The number of aromatic amines is 1. The van der Waals surface area contributed by atoms with Crippen molar-refractivity contribution in [2.24, 2.45) is 5.92 Å². The number of rotatable bonds is 7. The van der Waals surface area contributed by atoms with Crippen molar-refractivity contribution in [2.45, 2.75) is 22.6 Å². The van der Waals surface area contributed by atoms with Crippen LogP contribution in [0.5, 0.6) is 0 Å². The van der Waals surface area contributed by atoms with Crippen LogP contribution in [0.25, 0.3) is 10.9 Å². The van der Waals surface area contributed by atoms with Crippen LogP contribution >= 0.6 is 0 Å². The van der Waals surface area contributed by atoms with Crippen molar-refractivity contribution < 1.29 is 22.4 Å². The van der Waals surface area contributed by atoms with Gasteiger partial charge < -0.3 is 25.8 Å². The predicted octanol–water partition coefficient (Wildman–Crippen LogP) is 3.48. The Morgan fingerprint density at radius 2 is 1.68 bits per heavy atom. The number of carbonyl (C=O) groups excluding carboxylic acids is 2. The molecule has 3 heterocycles. The van der Waals surface area contributed by atoms with E-state index in [1.54, 1.807) is 12.1 Å². The Balaban J connectivity index is 1.30. The molecule has 3 aromatic carbocycles. The number of hydrogen-bond acceptors (Lipinski definition) is 8. The molecule has 0 radical (unpaired) electrons. The summed E-state index contributed by atoms with van der Waals surface area (Å²) in [6.45, 7) is 4.98. The number of benzene rings is 3. The molecule has 11 nitrogen and oxygen atoms in total. The quantitative estimate of drug-likeness (QED) is 0.247. The third-order valence-electron chi connectivity index (χ3n) is 8.27. The number of likely N-dealkylation sites (N-methyl/N-ethyl adjacent to an activating group) is 1. The van der Waals surface area contributed by atoms with Gasteiger partial charge in [-0.25, -0.2) is 12.8 Å². The van der Waals surface area contributed by atoms with E-state index in [-0.39, 0.29) is 33.0 Å². The van der Waals surface area contributed by atoms with Crippen LogP contribution in [0.15, 0.2) is 70.5 Å². The number of H-pyrrole nitrogens is 1. The van der Waals surface area contributed by atoms with Gasteiger partial charge in [-0.05, 0) is 87.6 Å². The van der Waals surface area contributed by atoms with E-state index in [2.05, 4.69) is 43.0 Å². The molecule has 2 saturated heterocycles. The Hall–Kier alpha value is -4.33. The van der Waals surface area contributed by atoms with Gasteiger partial charge >= 0.3 is 0 Å². The fourth-order valence-corrected chi connectivity index (χ4v) is 6.93. The van der Waals surface area contributed by atoms with Crippen molar-refractivity contribution in [3.63, 3.8) is 0 Å². The summed E-state index contributed by atoms with van der Waals surface area (Å²) in [5.74, 6) is -1.34. The highest BCUT2D eigenvalue weighted by Gasteiger charge is 2.25. The molecule has 1 aromatic heterocycles. The van der Waals surface area contributed by atoms with E-state index in [9.17, 15) is 22.4 Å². The first-order valence-electron chi connectivity index (χ1n) is 14.6. The average molecular weight is 620 g/mol. The third-order valence-corrected chi connectivity index (χ3v) is 10.0. The van der Waals surface area contributed by atoms with E-state index in [0.717, 1.165) is 51.0 Å². The maximum absolute atomic E-state index is 13.8. The maximum atomic E-state index is 13.8. The third kappa shape index (κ3) is 6.16. The van der Waals surface area contributed by atoms with Crippen molar-refractivity contribution in [1.29, 1.82) is 0 Å². The highest BCUT2D eigenvalue weighted by atomic mass is 32.2. The lowest BCUT2D eigenvalue weighted by Gasteiger charge is -2.34. The van der Waals surface area contributed by atoms with Gasteiger partial charge in [-0.3, -0.25) is 14.7 Å². The van der Waals surface area contributed by atoms with Crippen LogP contribution in [0.4, 0.5) is 21.6 Å². The predicted molar refractivity (Wildman–Crippen MR) is 166 cm³/mol. The molecule has 2 aliphatic heterocycles. The van der Waals surface area contributed by atoms with Gasteiger partial charge in [0.15, 0.2) is 5.82 Å². The molecule has 0 spiro atoms. The first-order chi connectivity index (χ1) is 21.2. The highest BCUT2D eigenvalue weighted by molar-refractivity contribution is 7.91. The number of piperidine rings is 1. The number of fused-ring (bicyclic) bond motifs is 1. The van der Waals surface area contributed by atoms with E-state index >= 15 is 0 Å². The summed E-state index contributed by atoms with van der Waals surface area (Å²) in [6.07, 6.45) is 1.43. The van der Waals surface area contributed by atoms with Crippen LogP contribution in [-0.2, 0) is 14.6 Å². The van der Waals surface area contributed by atoms with Crippen LogP contribution < -0.4 is 20.9 Å². The van der Waals surface area contributed by atoms with Crippen molar-refractivity contribution in [2.75, 3.05) is 61.8 Å². The molecule has 2 fully saturated rings. The van der Waals surface area contributed by atoms with Crippen LogP contribution in [0.2, 0.25) is 0 Å². The van der Waals surface area contributed by atoms with Gasteiger partial charge in [0.05, 0.1) is 26.6 Å². The van der Waals surface area contributed by atoms with Gasteiger partial charge in [0.2, 0.25) is 15.7 Å². The second-order valence-corrected chi connectivity index (χ2v) is 13.2. The first kappa shape index (κ1) is 29.7. The summed E-state index contributed by atoms with van der Waals surface area (Å²) in [7, 11) is -1.95. The normalized spacial score (nSPS) is 16.6. The van der Waals surface area contributed by atoms with Gasteiger partial charge in [0.1, 0.15) is 5.82 Å². The van der Waals surface area contributed by atoms with Crippen molar-refractivity contribution in [3.8, 4) is 0 Å². The Morgan fingerprint density at radius 3 is 2.43 bits per heavy atom. The molecule has 0 aliphatic carbocycles. The van der Waals surface area contributed by atoms with Gasteiger partial charge in [-0.1, -0.05) is 6.07 Å². The maximum Gasteiger partial charge on any atom is 0.258 e. The number of sulfone groups is 1. The Kier molecular flexibility index (Phi) is 8.34. The molecule has 6 rings (SSSR count). The molecule has 4 N–H and O–H groups in total. The number of nitrogens with zero attached hydrogens (tertiary/aromatic N) is 3. The van der Waals surface area contributed by atoms with Gasteiger partial charge in [0, 0.05) is 43.2 Å². The van der Waals surface area contributed by atoms with E-state index in [4.69, 9.17) is 0 Å². The van der Waals surface area contributed by atoms with E-state index in [1.165, 1.54) is 30.3 Å². The molecule has 0 unspecified atom stereocenters. The number of nitrogens with one attached hydrogen (secondary N) is 4. The molecule has 2 amide bonds. The number of aromatic nitrogens is 2. The van der Waals surface area contributed by atoms with Gasteiger partial charge in [-0.15, -0.1) is 0 Å². The summed E-state index contributed by atoms with van der Waals surface area (Å²) in [5.41, 5.74) is 2.07. The number of anilines is 3. The second kappa shape index (κ2) is 12.3. The molecule has 13 heteroatoms. The molecular weight excluding hydrogens is 585 g/mol. The standard InChI is InChI=1S/C31H34FN7O4S/c1-38-13-15-39(16-14-38)22-5-7-25(28(18-22)34-30(40)20-9-11-33-12-10-20)31(41)35-29-26-19-24(6-8-27(26)36-37-29)44(42,43)23-4-2-3-21(32)17-23/h2-8,17-20,33H,9-16H2,1H3,(H,34,40)(H2,35,36,37,41). The molecule has 0 atom stereocenters. The van der Waals surface area contributed by atoms with Crippen LogP contribution in [0.3, 0.4) is 0 Å². The van der Waals surface area contributed by atoms with Crippen molar-refractivity contribution >= 4 is 49.7 Å². The second-order valence-electron chi connectivity index (χ2n) is 11.2. The van der Waals surface area contributed by atoms with Crippen LogP contribution in [-0.4, -0.2) is 81.6 Å². The highest BCUT2D eigenvalue weighted by Crippen LogP contribution is 2.30. The molecule has 230 valence electrons. The van der Waals surface area contributed by atoms with Gasteiger partial charge in [-0.2, -0.15) is 5.10 Å². The zero-order valence-corrected chi connectivity index (χ0v) is 25.1. The molecule has 44 heavy (non-hydrogen) atoms.